The monoisotopic (exact) mass is 308 g/mol. The molecule has 0 unspecified atom stereocenters. The summed E-state index contributed by atoms with van der Waals surface area (Å²) in [5, 5.41) is 2.93. The van der Waals surface area contributed by atoms with Crippen molar-refractivity contribution in [1.82, 2.24) is 5.32 Å². The van der Waals surface area contributed by atoms with E-state index in [1.54, 1.807) is 14.2 Å². The van der Waals surface area contributed by atoms with Crippen LogP contribution in [0.15, 0.2) is 18.2 Å². The van der Waals surface area contributed by atoms with Crippen LogP contribution in [0.2, 0.25) is 0 Å². The van der Waals surface area contributed by atoms with Crippen LogP contribution < -0.4 is 20.5 Å². The summed E-state index contributed by atoms with van der Waals surface area (Å²) in [6.45, 7) is 4.59. The molecule has 22 heavy (non-hydrogen) atoms. The summed E-state index contributed by atoms with van der Waals surface area (Å²) in [5.74, 6) is 1.47. The molecule has 5 heteroatoms. The highest BCUT2D eigenvalue weighted by Gasteiger charge is 2.20. The van der Waals surface area contributed by atoms with E-state index in [2.05, 4.69) is 5.32 Å². The number of carbonyl (C=O) groups is 1. The van der Waals surface area contributed by atoms with Crippen molar-refractivity contribution >= 4 is 5.91 Å². The van der Waals surface area contributed by atoms with Crippen LogP contribution in [0.1, 0.15) is 38.7 Å². The zero-order chi connectivity index (χ0) is 16.6. The maximum atomic E-state index is 12.0. The van der Waals surface area contributed by atoms with Gasteiger partial charge in [0.15, 0.2) is 0 Å². The Morgan fingerprint density at radius 2 is 1.68 bits per heavy atom. The van der Waals surface area contributed by atoms with Crippen molar-refractivity contribution in [3.05, 3.63) is 23.8 Å². The molecule has 0 aliphatic carbocycles. The van der Waals surface area contributed by atoms with E-state index < -0.39 is 0 Å². The van der Waals surface area contributed by atoms with Crippen molar-refractivity contribution < 1.29 is 14.3 Å². The summed E-state index contributed by atoms with van der Waals surface area (Å²) in [4.78, 5) is 12.0. The highest BCUT2D eigenvalue weighted by molar-refractivity contribution is 5.76. The van der Waals surface area contributed by atoms with Crippen molar-refractivity contribution in [2.24, 2.45) is 5.73 Å². The molecular formula is C17H28N2O3. The normalized spacial score (nSPS) is 11.1. The van der Waals surface area contributed by atoms with E-state index in [0.29, 0.717) is 19.4 Å². The van der Waals surface area contributed by atoms with Gasteiger partial charge in [-0.1, -0.05) is 13.8 Å². The Hall–Kier alpha value is -1.75. The van der Waals surface area contributed by atoms with Gasteiger partial charge in [-0.25, -0.2) is 0 Å². The van der Waals surface area contributed by atoms with Crippen molar-refractivity contribution in [3.8, 4) is 11.5 Å². The zero-order valence-corrected chi connectivity index (χ0v) is 14.1. The van der Waals surface area contributed by atoms with E-state index in [0.717, 1.165) is 29.9 Å². The van der Waals surface area contributed by atoms with Gasteiger partial charge >= 0.3 is 0 Å². The van der Waals surface area contributed by atoms with Gasteiger partial charge in [-0.2, -0.15) is 0 Å². The SMILES string of the molecule is CCC(N)(CC)CNC(=O)CCc1cc(OC)cc(OC)c1. The van der Waals surface area contributed by atoms with Crippen LogP contribution in [0.25, 0.3) is 0 Å². The van der Waals surface area contributed by atoms with E-state index >= 15 is 0 Å². The molecule has 0 bridgehead atoms. The van der Waals surface area contributed by atoms with Gasteiger partial charge in [0, 0.05) is 24.6 Å². The molecule has 0 saturated heterocycles. The minimum Gasteiger partial charge on any atom is -0.497 e. The quantitative estimate of drug-likeness (QED) is 0.734. The average molecular weight is 308 g/mol. The van der Waals surface area contributed by atoms with Gasteiger partial charge in [0.2, 0.25) is 5.91 Å². The molecule has 0 aliphatic heterocycles. The number of nitrogens with two attached hydrogens (primary N) is 1. The summed E-state index contributed by atoms with van der Waals surface area (Å²) >= 11 is 0. The summed E-state index contributed by atoms with van der Waals surface area (Å²) in [6, 6.07) is 5.65. The van der Waals surface area contributed by atoms with Crippen LogP contribution in [0.4, 0.5) is 0 Å². The number of aryl methyl sites for hydroxylation is 1. The van der Waals surface area contributed by atoms with E-state index in [1.165, 1.54) is 0 Å². The number of hydrogen-bond acceptors (Lipinski definition) is 4. The zero-order valence-electron chi connectivity index (χ0n) is 14.1. The second-order valence-electron chi connectivity index (χ2n) is 5.57. The third-order valence-electron chi connectivity index (χ3n) is 4.10. The Balaban J connectivity index is 2.54. The predicted molar refractivity (Wildman–Crippen MR) is 88.4 cm³/mol. The number of nitrogens with one attached hydrogen (secondary N) is 1. The number of amides is 1. The van der Waals surface area contributed by atoms with Gasteiger partial charge in [-0.15, -0.1) is 0 Å². The molecule has 0 aromatic heterocycles. The van der Waals surface area contributed by atoms with E-state index in [4.69, 9.17) is 15.2 Å². The second-order valence-corrected chi connectivity index (χ2v) is 5.57. The Morgan fingerprint density at radius 1 is 1.14 bits per heavy atom. The van der Waals surface area contributed by atoms with Crippen molar-refractivity contribution in [2.75, 3.05) is 20.8 Å². The molecule has 5 nitrogen and oxygen atoms in total. The van der Waals surface area contributed by atoms with Crippen molar-refractivity contribution in [3.63, 3.8) is 0 Å². The van der Waals surface area contributed by atoms with Crippen LogP contribution in [-0.2, 0) is 11.2 Å². The van der Waals surface area contributed by atoms with Crippen LogP contribution in [-0.4, -0.2) is 32.2 Å². The fourth-order valence-electron chi connectivity index (χ4n) is 2.13. The topological polar surface area (TPSA) is 73.6 Å². The molecule has 0 fully saturated rings. The number of ether oxygens (including phenoxy) is 2. The molecule has 1 aromatic carbocycles. The first-order valence-electron chi connectivity index (χ1n) is 7.74. The maximum absolute atomic E-state index is 12.0. The van der Waals surface area contributed by atoms with Crippen LogP contribution >= 0.6 is 0 Å². The fourth-order valence-corrected chi connectivity index (χ4v) is 2.13. The summed E-state index contributed by atoms with van der Waals surface area (Å²) < 4.78 is 10.5. The lowest BCUT2D eigenvalue weighted by atomic mass is 9.94. The molecule has 0 atom stereocenters. The highest BCUT2D eigenvalue weighted by atomic mass is 16.5. The minimum atomic E-state index is -0.311. The van der Waals surface area contributed by atoms with E-state index in [-0.39, 0.29) is 11.4 Å². The molecule has 1 rings (SSSR count). The third kappa shape index (κ3) is 5.56. The Kier molecular flexibility index (Phi) is 7.18. The number of carbonyl (C=O) groups excluding carboxylic acids is 1. The molecular weight excluding hydrogens is 280 g/mol. The van der Waals surface area contributed by atoms with E-state index in [9.17, 15) is 4.79 Å². The third-order valence-corrected chi connectivity index (χ3v) is 4.10. The maximum Gasteiger partial charge on any atom is 0.220 e. The Bertz CT molecular complexity index is 463. The highest BCUT2D eigenvalue weighted by Crippen LogP contribution is 2.23. The summed E-state index contributed by atoms with van der Waals surface area (Å²) in [6.07, 6.45) is 2.74. The molecule has 0 heterocycles. The molecule has 0 aliphatic rings. The minimum absolute atomic E-state index is 0.0125. The van der Waals surface area contributed by atoms with Crippen LogP contribution in [0, 0.1) is 0 Å². The molecule has 0 spiro atoms. The first kappa shape index (κ1) is 18.3. The van der Waals surface area contributed by atoms with Gasteiger partial charge < -0.3 is 20.5 Å². The smallest absolute Gasteiger partial charge is 0.220 e. The van der Waals surface area contributed by atoms with Crippen molar-refractivity contribution in [2.45, 2.75) is 45.1 Å². The molecule has 124 valence electrons. The lowest BCUT2D eigenvalue weighted by Crippen LogP contribution is -2.49. The number of hydrogen-bond donors (Lipinski definition) is 2. The van der Waals surface area contributed by atoms with Gasteiger partial charge in [-0.05, 0) is 37.0 Å². The fraction of sp³-hybridized carbons (Fsp3) is 0.588. The molecule has 0 radical (unpaired) electrons. The number of benzene rings is 1. The lowest BCUT2D eigenvalue weighted by molar-refractivity contribution is -0.121. The van der Waals surface area contributed by atoms with Gasteiger partial charge in [-0.3, -0.25) is 4.79 Å². The summed E-state index contributed by atoms with van der Waals surface area (Å²) in [5.41, 5.74) is 6.88. The summed E-state index contributed by atoms with van der Waals surface area (Å²) in [7, 11) is 3.23. The molecule has 0 saturated carbocycles. The van der Waals surface area contributed by atoms with Crippen LogP contribution in [0.5, 0.6) is 11.5 Å². The van der Waals surface area contributed by atoms with Gasteiger partial charge in [0.25, 0.3) is 0 Å². The Morgan fingerprint density at radius 3 is 2.14 bits per heavy atom. The standard InChI is InChI=1S/C17H28N2O3/c1-5-17(18,6-2)12-19-16(20)8-7-13-9-14(21-3)11-15(10-13)22-4/h9-11H,5-8,12,18H2,1-4H3,(H,19,20). The Labute approximate surface area is 133 Å². The number of rotatable bonds is 9. The van der Waals surface area contributed by atoms with Gasteiger partial charge in [0.1, 0.15) is 11.5 Å². The predicted octanol–water partition coefficient (Wildman–Crippen LogP) is 2.27. The average Bonchev–Trinajstić information content (AvgIpc) is 2.57. The van der Waals surface area contributed by atoms with E-state index in [1.807, 2.05) is 32.0 Å². The number of methoxy groups -OCH3 is 2. The molecule has 1 aromatic rings. The lowest BCUT2D eigenvalue weighted by Gasteiger charge is -2.26. The molecule has 3 N–H and O–H groups in total. The first-order chi connectivity index (χ1) is 10.5. The second kappa shape index (κ2) is 8.63. The largest absolute Gasteiger partial charge is 0.497 e. The van der Waals surface area contributed by atoms with Crippen LogP contribution in [0.3, 0.4) is 0 Å². The first-order valence-corrected chi connectivity index (χ1v) is 7.74. The van der Waals surface area contributed by atoms with Crippen molar-refractivity contribution in [1.29, 1.82) is 0 Å². The molecule has 1 amide bonds. The van der Waals surface area contributed by atoms with Gasteiger partial charge in [0.05, 0.1) is 14.2 Å².